The first-order chi connectivity index (χ1) is 16.1. The van der Waals surface area contributed by atoms with Gasteiger partial charge in [-0.25, -0.2) is 0 Å². The molecule has 1 amide bonds. The Bertz CT molecular complexity index is 1390. The number of rotatable bonds is 3. The Morgan fingerprint density at radius 1 is 1.06 bits per heavy atom. The van der Waals surface area contributed by atoms with Gasteiger partial charge in [0.25, 0.3) is 11.9 Å². The van der Waals surface area contributed by atoms with Crippen LogP contribution < -0.4 is 4.90 Å². The normalized spacial score (nSPS) is 19.8. The fourth-order valence-electron chi connectivity index (χ4n) is 4.94. The van der Waals surface area contributed by atoms with E-state index in [0.29, 0.717) is 58.9 Å². The van der Waals surface area contributed by atoms with Crippen molar-refractivity contribution in [1.29, 1.82) is 5.26 Å². The lowest BCUT2D eigenvalue weighted by Gasteiger charge is -2.22. The number of nitriles is 1. The van der Waals surface area contributed by atoms with Gasteiger partial charge < -0.3 is 14.2 Å². The molecule has 0 radical (unpaired) electrons. The number of anilines is 1. The minimum atomic E-state index is 0.0119. The number of nitrogens with zero attached hydrogens (tertiary/aromatic N) is 7. The summed E-state index contributed by atoms with van der Waals surface area (Å²) in [6.45, 7) is 4.94. The third-order valence-electron chi connectivity index (χ3n) is 6.57. The molecule has 33 heavy (non-hydrogen) atoms. The summed E-state index contributed by atoms with van der Waals surface area (Å²) in [5.74, 6) is 0.724. The fraction of sp³-hybridized carbons (Fsp3) is 0.292. The molecule has 2 saturated heterocycles. The number of hydrogen-bond donors (Lipinski definition) is 0. The number of benzene rings is 2. The Morgan fingerprint density at radius 3 is 2.55 bits per heavy atom. The number of hydrogen-bond acceptors (Lipinski definition) is 7. The van der Waals surface area contributed by atoms with Gasteiger partial charge in [-0.1, -0.05) is 11.6 Å². The molecule has 4 heterocycles. The van der Waals surface area contributed by atoms with Gasteiger partial charge in [-0.2, -0.15) is 25.2 Å². The van der Waals surface area contributed by atoms with Crippen LogP contribution in [0.2, 0.25) is 0 Å². The maximum absolute atomic E-state index is 13.5. The third kappa shape index (κ3) is 3.31. The monoisotopic (exact) mass is 439 g/mol. The van der Waals surface area contributed by atoms with E-state index in [-0.39, 0.29) is 5.91 Å². The highest BCUT2D eigenvalue weighted by molar-refractivity contribution is 5.98. The summed E-state index contributed by atoms with van der Waals surface area (Å²) in [4.78, 5) is 23.6. The lowest BCUT2D eigenvalue weighted by Crippen LogP contribution is -2.34. The van der Waals surface area contributed by atoms with Crippen molar-refractivity contribution in [3.05, 3.63) is 65.5 Å². The van der Waals surface area contributed by atoms with Crippen molar-refractivity contribution < 1.29 is 9.21 Å². The van der Waals surface area contributed by atoms with Crippen molar-refractivity contribution in [2.75, 3.05) is 31.1 Å². The molecule has 4 aromatic rings. The Morgan fingerprint density at radius 2 is 1.82 bits per heavy atom. The van der Waals surface area contributed by atoms with E-state index in [2.05, 4.69) is 26.2 Å². The Kier molecular flexibility index (Phi) is 4.40. The SMILES string of the molecule is Cc1ccc(-n2nccn2)c(C(=O)N2CC3CN(c4nc5cc(C#N)ccc5o4)CC3C2)c1. The number of carbonyl (C=O) groups is 1. The van der Waals surface area contributed by atoms with Crippen LogP contribution >= 0.6 is 0 Å². The Labute approximate surface area is 189 Å². The molecule has 2 unspecified atom stereocenters. The summed E-state index contributed by atoms with van der Waals surface area (Å²) in [7, 11) is 0. The molecular weight excluding hydrogens is 418 g/mol. The zero-order valence-corrected chi connectivity index (χ0v) is 18.0. The van der Waals surface area contributed by atoms with Crippen LogP contribution in [0.15, 0.2) is 53.2 Å². The molecule has 9 heteroatoms. The number of amides is 1. The lowest BCUT2D eigenvalue weighted by atomic mass is 10.0. The number of oxazole rings is 1. The molecule has 9 nitrogen and oxygen atoms in total. The summed E-state index contributed by atoms with van der Waals surface area (Å²) >= 11 is 0. The van der Waals surface area contributed by atoms with E-state index in [1.165, 1.54) is 4.80 Å². The molecule has 0 bridgehead atoms. The second kappa shape index (κ2) is 7.45. The fourth-order valence-corrected chi connectivity index (χ4v) is 4.94. The highest BCUT2D eigenvalue weighted by Gasteiger charge is 2.43. The standard InChI is InChI=1S/C24H21N7O2/c1-15-2-4-21(31-26-6-7-27-31)19(8-15)23(32)29-11-17-13-30(14-18(17)12-29)24-28-20-9-16(10-25)3-5-22(20)33-24/h2-9,17-18H,11-14H2,1H3. The predicted octanol–water partition coefficient (Wildman–Crippen LogP) is 2.80. The highest BCUT2D eigenvalue weighted by atomic mass is 16.4. The van der Waals surface area contributed by atoms with Gasteiger partial charge in [0.05, 0.1) is 35.3 Å². The van der Waals surface area contributed by atoms with Crippen LogP contribution in [-0.4, -0.2) is 57.0 Å². The molecule has 0 saturated carbocycles. The first-order valence-electron chi connectivity index (χ1n) is 10.9. The maximum Gasteiger partial charge on any atom is 0.298 e. The molecule has 2 fully saturated rings. The van der Waals surface area contributed by atoms with Crippen LogP contribution in [0.3, 0.4) is 0 Å². The van der Waals surface area contributed by atoms with Gasteiger partial charge in [-0.3, -0.25) is 4.79 Å². The van der Waals surface area contributed by atoms with Crippen LogP contribution in [-0.2, 0) is 0 Å². The van der Waals surface area contributed by atoms with E-state index in [1.54, 1.807) is 30.6 Å². The smallest absolute Gasteiger partial charge is 0.298 e. The molecule has 0 spiro atoms. The molecule has 2 aliphatic rings. The number of carbonyl (C=O) groups excluding carboxylic acids is 1. The van der Waals surface area contributed by atoms with Gasteiger partial charge in [0.2, 0.25) is 0 Å². The van der Waals surface area contributed by atoms with Crippen molar-refractivity contribution in [3.63, 3.8) is 0 Å². The van der Waals surface area contributed by atoms with E-state index in [0.717, 1.165) is 18.7 Å². The van der Waals surface area contributed by atoms with E-state index in [4.69, 9.17) is 9.68 Å². The van der Waals surface area contributed by atoms with Gasteiger partial charge in [-0.05, 0) is 37.3 Å². The van der Waals surface area contributed by atoms with Crippen molar-refractivity contribution >= 4 is 23.0 Å². The van der Waals surface area contributed by atoms with Crippen LogP contribution in [0.25, 0.3) is 16.8 Å². The zero-order valence-electron chi connectivity index (χ0n) is 18.0. The van der Waals surface area contributed by atoms with Crippen LogP contribution in [0.1, 0.15) is 21.5 Å². The third-order valence-corrected chi connectivity index (χ3v) is 6.57. The average Bonchev–Trinajstić information content (AvgIpc) is 3.60. The Balaban J connectivity index is 1.20. The summed E-state index contributed by atoms with van der Waals surface area (Å²) < 4.78 is 5.94. The number of likely N-dealkylation sites (tertiary alicyclic amines) is 1. The minimum absolute atomic E-state index is 0.0119. The maximum atomic E-state index is 13.5. The van der Waals surface area contributed by atoms with E-state index in [1.807, 2.05) is 30.0 Å². The van der Waals surface area contributed by atoms with Crippen molar-refractivity contribution in [2.45, 2.75) is 6.92 Å². The largest absolute Gasteiger partial charge is 0.423 e. The second-order valence-corrected chi connectivity index (χ2v) is 8.77. The lowest BCUT2D eigenvalue weighted by molar-refractivity contribution is 0.0782. The first kappa shape index (κ1) is 19.5. The zero-order chi connectivity index (χ0) is 22.5. The van der Waals surface area contributed by atoms with E-state index in [9.17, 15) is 4.79 Å². The van der Waals surface area contributed by atoms with Gasteiger partial charge in [0, 0.05) is 38.0 Å². The molecule has 2 aliphatic heterocycles. The van der Waals surface area contributed by atoms with Crippen molar-refractivity contribution in [3.8, 4) is 11.8 Å². The molecule has 6 rings (SSSR count). The molecular formula is C24H21N7O2. The van der Waals surface area contributed by atoms with Crippen molar-refractivity contribution in [1.82, 2.24) is 24.9 Å². The molecule has 164 valence electrons. The van der Waals surface area contributed by atoms with E-state index >= 15 is 0 Å². The van der Waals surface area contributed by atoms with E-state index < -0.39 is 0 Å². The number of fused-ring (bicyclic) bond motifs is 2. The molecule has 0 aliphatic carbocycles. The van der Waals surface area contributed by atoms with Gasteiger partial charge >= 0.3 is 0 Å². The summed E-state index contributed by atoms with van der Waals surface area (Å²) in [5.41, 5.74) is 4.27. The molecule has 0 N–H and O–H groups in total. The summed E-state index contributed by atoms with van der Waals surface area (Å²) in [6.07, 6.45) is 3.21. The highest BCUT2D eigenvalue weighted by Crippen LogP contribution is 2.36. The molecule has 2 atom stereocenters. The Hall–Kier alpha value is -4.19. The van der Waals surface area contributed by atoms with Crippen LogP contribution in [0.5, 0.6) is 0 Å². The van der Waals surface area contributed by atoms with Gasteiger partial charge in [0.1, 0.15) is 5.52 Å². The number of aromatic nitrogens is 4. The minimum Gasteiger partial charge on any atom is -0.423 e. The summed E-state index contributed by atoms with van der Waals surface area (Å²) in [5, 5.41) is 17.5. The van der Waals surface area contributed by atoms with Crippen LogP contribution in [0.4, 0.5) is 6.01 Å². The average molecular weight is 439 g/mol. The number of aryl methyl sites for hydroxylation is 1. The predicted molar refractivity (Wildman–Crippen MR) is 120 cm³/mol. The van der Waals surface area contributed by atoms with Crippen LogP contribution in [0, 0.1) is 30.1 Å². The topological polar surface area (TPSA) is 104 Å². The second-order valence-electron chi connectivity index (χ2n) is 8.77. The van der Waals surface area contributed by atoms with Gasteiger partial charge in [-0.15, -0.1) is 0 Å². The quantitative estimate of drug-likeness (QED) is 0.483. The van der Waals surface area contributed by atoms with Gasteiger partial charge in [0.15, 0.2) is 5.58 Å². The summed E-state index contributed by atoms with van der Waals surface area (Å²) in [6, 6.07) is 13.8. The van der Waals surface area contributed by atoms with Crippen molar-refractivity contribution in [2.24, 2.45) is 11.8 Å². The first-order valence-corrected chi connectivity index (χ1v) is 10.9. The molecule has 2 aromatic heterocycles. The molecule has 2 aromatic carbocycles.